The van der Waals surface area contributed by atoms with Crippen molar-refractivity contribution in [2.24, 2.45) is 0 Å². The number of nitrogens with zero attached hydrogens (tertiary/aromatic N) is 2. The predicted octanol–water partition coefficient (Wildman–Crippen LogP) is 6.19. The summed E-state index contributed by atoms with van der Waals surface area (Å²) in [4.78, 5) is 20.9. The molecule has 1 N–H and O–H groups in total. The summed E-state index contributed by atoms with van der Waals surface area (Å²) in [6.45, 7) is 5.78. The van der Waals surface area contributed by atoms with E-state index < -0.39 is 0 Å². The number of rotatable bonds is 10. The zero-order valence-corrected chi connectivity index (χ0v) is 21.5. The summed E-state index contributed by atoms with van der Waals surface area (Å²) in [5.74, 6) is 0.697. The third-order valence-electron chi connectivity index (χ3n) is 7.13. The minimum absolute atomic E-state index is 0.0181. The third kappa shape index (κ3) is 6.00. The van der Waals surface area contributed by atoms with Gasteiger partial charge in [0, 0.05) is 23.1 Å². The molecule has 2 heterocycles. The minimum Gasteiger partial charge on any atom is -0.490 e. The Balaban J connectivity index is 1.50. The van der Waals surface area contributed by atoms with Crippen LogP contribution in [0.3, 0.4) is 0 Å². The van der Waals surface area contributed by atoms with Gasteiger partial charge in [0.15, 0.2) is 0 Å². The highest BCUT2D eigenvalue weighted by Crippen LogP contribution is 2.37. The normalized spacial score (nSPS) is 14.5. The summed E-state index contributed by atoms with van der Waals surface area (Å²) in [6, 6.07) is 28.3. The Morgan fingerprint density at radius 3 is 2.35 bits per heavy atom. The molecule has 0 radical (unpaired) electrons. The molecule has 1 atom stereocenters. The van der Waals surface area contributed by atoms with Crippen molar-refractivity contribution in [1.29, 1.82) is 0 Å². The number of fused-ring (bicyclic) bond motifs is 1. The van der Waals surface area contributed by atoms with Crippen LogP contribution in [0.15, 0.2) is 84.9 Å². The van der Waals surface area contributed by atoms with Crippen LogP contribution < -0.4 is 10.1 Å². The Bertz CT molecular complexity index is 1320. The summed E-state index contributed by atoms with van der Waals surface area (Å²) in [7, 11) is 0. The summed E-state index contributed by atoms with van der Waals surface area (Å²) in [5, 5.41) is 4.22. The predicted molar refractivity (Wildman–Crippen MR) is 150 cm³/mol. The number of hydrogen-bond donors (Lipinski definition) is 1. The van der Waals surface area contributed by atoms with Gasteiger partial charge >= 0.3 is 0 Å². The van der Waals surface area contributed by atoms with E-state index in [0.717, 1.165) is 59.3 Å². The van der Waals surface area contributed by atoms with Crippen LogP contribution in [0.1, 0.15) is 43.4 Å². The lowest BCUT2D eigenvalue weighted by molar-refractivity contribution is -0.121. The number of benzene rings is 3. The molecule has 4 aromatic rings. The van der Waals surface area contributed by atoms with E-state index in [2.05, 4.69) is 41.4 Å². The van der Waals surface area contributed by atoms with Crippen LogP contribution in [0, 0.1) is 0 Å². The molecule has 5 nitrogen and oxygen atoms in total. The summed E-state index contributed by atoms with van der Waals surface area (Å²) >= 11 is 0. The Kier molecular flexibility index (Phi) is 8.11. The lowest BCUT2D eigenvalue weighted by Crippen LogP contribution is -2.30. The lowest BCUT2D eigenvalue weighted by atomic mass is 9.99. The van der Waals surface area contributed by atoms with Gasteiger partial charge in [0.1, 0.15) is 18.1 Å². The van der Waals surface area contributed by atoms with Crippen molar-refractivity contribution in [3.8, 4) is 17.0 Å². The smallest absolute Gasteiger partial charge is 0.225 e. The van der Waals surface area contributed by atoms with Crippen LogP contribution in [0.4, 0.5) is 0 Å². The fourth-order valence-corrected chi connectivity index (χ4v) is 5.18. The van der Waals surface area contributed by atoms with Gasteiger partial charge in [-0.1, -0.05) is 85.8 Å². The number of pyridine rings is 1. The molecule has 0 aliphatic carbocycles. The van der Waals surface area contributed by atoms with E-state index in [4.69, 9.17) is 9.72 Å². The summed E-state index contributed by atoms with van der Waals surface area (Å²) in [6.07, 6.45) is 3.54. The van der Waals surface area contributed by atoms with Crippen LogP contribution in [0.5, 0.6) is 5.75 Å². The fourth-order valence-electron chi connectivity index (χ4n) is 5.18. The molecule has 0 bridgehead atoms. The van der Waals surface area contributed by atoms with Gasteiger partial charge in [-0.2, -0.15) is 0 Å². The van der Waals surface area contributed by atoms with E-state index in [-0.39, 0.29) is 18.4 Å². The molecule has 1 aliphatic rings. The summed E-state index contributed by atoms with van der Waals surface area (Å²) < 4.78 is 6.53. The topological polar surface area (TPSA) is 54.5 Å². The first kappa shape index (κ1) is 25.0. The number of carbonyl (C=O) groups is 1. The van der Waals surface area contributed by atoms with Gasteiger partial charge in [0.05, 0.1) is 18.0 Å². The van der Waals surface area contributed by atoms with E-state index in [1.165, 1.54) is 12.8 Å². The second kappa shape index (κ2) is 12.0. The van der Waals surface area contributed by atoms with E-state index in [0.29, 0.717) is 12.4 Å². The second-order valence-corrected chi connectivity index (χ2v) is 9.66. The van der Waals surface area contributed by atoms with Crippen molar-refractivity contribution in [1.82, 2.24) is 15.2 Å². The average Bonchev–Trinajstić information content (AvgIpc) is 3.47. The number of aromatic nitrogens is 1. The average molecular weight is 494 g/mol. The SMILES string of the molecule is CC[C@H](NC(=O)Cc1c(OCCN2CCCC2)c(-c2ccccc2)nc2ccccc12)c1ccccc1. The Morgan fingerprint density at radius 2 is 1.62 bits per heavy atom. The standard InChI is InChI=1S/C32H35N3O2/c1-2-28(24-13-5-3-6-14-24)33-30(36)23-27-26-17-9-10-18-29(26)34-31(25-15-7-4-8-16-25)32(27)37-22-21-35-19-11-12-20-35/h3-10,13-18,28H,2,11-12,19-23H2,1H3,(H,33,36)/t28-/m0/s1. The molecule has 1 fully saturated rings. The Morgan fingerprint density at radius 1 is 0.946 bits per heavy atom. The highest BCUT2D eigenvalue weighted by Gasteiger charge is 2.22. The fraction of sp³-hybridized carbons (Fsp3) is 0.312. The first-order valence-electron chi connectivity index (χ1n) is 13.4. The molecule has 0 saturated carbocycles. The van der Waals surface area contributed by atoms with E-state index in [1.54, 1.807) is 0 Å². The molecule has 0 unspecified atom stereocenters. The maximum atomic E-state index is 13.5. The van der Waals surface area contributed by atoms with Gasteiger partial charge in [-0.3, -0.25) is 9.69 Å². The quantitative estimate of drug-likeness (QED) is 0.286. The van der Waals surface area contributed by atoms with Crippen LogP contribution in [0.2, 0.25) is 0 Å². The lowest BCUT2D eigenvalue weighted by Gasteiger charge is -2.21. The zero-order chi connectivity index (χ0) is 25.5. The number of carbonyl (C=O) groups excluding carboxylic acids is 1. The first-order chi connectivity index (χ1) is 18.2. The molecular formula is C32H35N3O2. The molecule has 3 aromatic carbocycles. The zero-order valence-electron chi connectivity index (χ0n) is 21.5. The molecule has 1 saturated heterocycles. The molecule has 0 spiro atoms. The molecule has 1 aromatic heterocycles. The van der Waals surface area contributed by atoms with Gasteiger partial charge in [-0.05, 0) is 44.0 Å². The highest BCUT2D eigenvalue weighted by atomic mass is 16.5. The van der Waals surface area contributed by atoms with Crippen LogP contribution >= 0.6 is 0 Å². The maximum absolute atomic E-state index is 13.5. The summed E-state index contributed by atoms with van der Waals surface area (Å²) in [5.41, 5.74) is 4.66. The first-order valence-corrected chi connectivity index (χ1v) is 13.4. The number of ether oxygens (including phenoxy) is 1. The van der Waals surface area contributed by atoms with Crippen molar-refractivity contribution in [3.05, 3.63) is 96.1 Å². The Labute approximate surface area is 219 Å². The molecule has 190 valence electrons. The van der Waals surface area contributed by atoms with Gasteiger partial charge in [0.2, 0.25) is 5.91 Å². The van der Waals surface area contributed by atoms with Crippen molar-refractivity contribution < 1.29 is 9.53 Å². The molecular weight excluding hydrogens is 458 g/mol. The van der Waals surface area contributed by atoms with Crippen LogP contribution in [0.25, 0.3) is 22.2 Å². The second-order valence-electron chi connectivity index (χ2n) is 9.66. The van der Waals surface area contributed by atoms with Crippen LogP contribution in [-0.4, -0.2) is 42.0 Å². The highest BCUT2D eigenvalue weighted by molar-refractivity contribution is 5.93. The number of para-hydroxylation sites is 1. The largest absolute Gasteiger partial charge is 0.490 e. The number of likely N-dealkylation sites (tertiary alicyclic amines) is 1. The minimum atomic E-state index is -0.0325. The van der Waals surface area contributed by atoms with Crippen molar-refractivity contribution >= 4 is 16.8 Å². The van der Waals surface area contributed by atoms with E-state index in [9.17, 15) is 4.79 Å². The molecule has 1 aliphatic heterocycles. The Hall–Kier alpha value is -3.70. The van der Waals surface area contributed by atoms with Crippen molar-refractivity contribution in [2.75, 3.05) is 26.2 Å². The number of hydrogen-bond acceptors (Lipinski definition) is 4. The van der Waals surface area contributed by atoms with E-state index >= 15 is 0 Å². The van der Waals surface area contributed by atoms with Crippen molar-refractivity contribution in [3.63, 3.8) is 0 Å². The van der Waals surface area contributed by atoms with Gasteiger partial charge < -0.3 is 10.1 Å². The number of nitrogens with one attached hydrogen (secondary N) is 1. The van der Waals surface area contributed by atoms with Gasteiger partial charge in [-0.15, -0.1) is 0 Å². The monoisotopic (exact) mass is 493 g/mol. The van der Waals surface area contributed by atoms with Gasteiger partial charge in [-0.25, -0.2) is 4.98 Å². The maximum Gasteiger partial charge on any atom is 0.225 e. The molecule has 5 rings (SSSR count). The molecule has 5 heteroatoms. The molecule has 37 heavy (non-hydrogen) atoms. The van der Waals surface area contributed by atoms with Crippen molar-refractivity contribution in [2.45, 2.75) is 38.6 Å². The van der Waals surface area contributed by atoms with E-state index in [1.807, 2.05) is 60.7 Å². The van der Waals surface area contributed by atoms with Crippen LogP contribution in [-0.2, 0) is 11.2 Å². The number of amides is 1. The molecule has 1 amide bonds. The van der Waals surface area contributed by atoms with Gasteiger partial charge in [0.25, 0.3) is 0 Å². The third-order valence-corrected chi connectivity index (χ3v) is 7.13.